The number of aromatic amines is 1. The molecule has 0 fully saturated rings. The zero-order valence-electron chi connectivity index (χ0n) is 14.0. The quantitative estimate of drug-likeness (QED) is 0.349. The largest absolute Gasteiger partial charge is 0.456 e. The topological polar surface area (TPSA) is 28.9 Å². The number of fused-ring (bicyclic) bond motifs is 6. The maximum absolute atomic E-state index is 5.95. The molecule has 6 aromatic rings. The van der Waals surface area contributed by atoms with Crippen molar-refractivity contribution in [1.82, 2.24) is 4.98 Å². The maximum Gasteiger partial charge on any atom is 0.135 e. The fourth-order valence-electron chi connectivity index (χ4n) is 3.93. The number of aromatic nitrogens is 1. The molecule has 2 nitrogen and oxygen atoms in total. The van der Waals surface area contributed by atoms with Crippen LogP contribution in [-0.4, -0.2) is 4.98 Å². The van der Waals surface area contributed by atoms with Crippen LogP contribution in [0.2, 0.25) is 0 Å². The first-order valence-electron chi connectivity index (χ1n) is 8.79. The average Bonchev–Trinajstić information content (AvgIpc) is 3.25. The van der Waals surface area contributed by atoms with Crippen molar-refractivity contribution in [2.75, 3.05) is 0 Å². The maximum atomic E-state index is 5.95. The molecule has 0 radical (unpaired) electrons. The number of hydrogen-bond donors (Lipinski definition) is 1. The summed E-state index contributed by atoms with van der Waals surface area (Å²) in [4.78, 5) is 3.49. The molecule has 122 valence electrons. The van der Waals surface area contributed by atoms with Crippen LogP contribution >= 0.6 is 0 Å². The van der Waals surface area contributed by atoms with Gasteiger partial charge in [-0.3, -0.25) is 0 Å². The Kier molecular flexibility index (Phi) is 2.64. The van der Waals surface area contributed by atoms with Crippen LogP contribution in [0.3, 0.4) is 0 Å². The molecule has 0 aliphatic heterocycles. The Bertz CT molecular complexity index is 1320. The van der Waals surface area contributed by atoms with E-state index in [0.717, 1.165) is 21.9 Å². The first-order chi connectivity index (χ1) is 12.9. The Labute approximate surface area is 149 Å². The minimum Gasteiger partial charge on any atom is -0.456 e. The average molecular weight is 333 g/mol. The van der Waals surface area contributed by atoms with E-state index < -0.39 is 0 Å². The lowest BCUT2D eigenvalue weighted by molar-refractivity contribution is 0.669. The fraction of sp³-hybridized carbons (Fsp3) is 0. The molecular weight excluding hydrogens is 318 g/mol. The van der Waals surface area contributed by atoms with Gasteiger partial charge in [0.1, 0.15) is 11.2 Å². The van der Waals surface area contributed by atoms with Gasteiger partial charge < -0.3 is 9.40 Å². The number of rotatable bonds is 1. The highest BCUT2D eigenvalue weighted by Crippen LogP contribution is 2.34. The Hall–Kier alpha value is -3.52. The Morgan fingerprint density at radius 3 is 2.08 bits per heavy atom. The minimum absolute atomic E-state index is 0.933. The Balaban J connectivity index is 1.61. The van der Waals surface area contributed by atoms with Crippen molar-refractivity contribution in [3.8, 4) is 11.1 Å². The van der Waals surface area contributed by atoms with Gasteiger partial charge in [0, 0.05) is 32.6 Å². The van der Waals surface area contributed by atoms with Gasteiger partial charge in [-0.1, -0.05) is 48.5 Å². The molecule has 2 heteroatoms. The molecule has 0 unspecified atom stereocenters. The monoisotopic (exact) mass is 333 g/mol. The smallest absolute Gasteiger partial charge is 0.135 e. The number of nitrogens with one attached hydrogen (secondary N) is 1. The first-order valence-corrected chi connectivity index (χ1v) is 8.79. The number of para-hydroxylation sites is 2. The molecule has 2 aromatic heterocycles. The van der Waals surface area contributed by atoms with E-state index in [9.17, 15) is 0 Å². The summed E-state index contributed by atoms with van der Waals surface area (Å²) in [7, 11) is 0. The predicted octanol–water partition coefficient (Wildman–Crippen LogP) is 6.89. The van der Waals surface area contributed by atoms with E-state index in [2.05, 4.69) is 77.8 Å². The molecule has 0 saturated carbocycles. The van der Waals surface area contributed by atoms with Gasteiger partial charge in [0.15, 0.2) is 0 Å². The highest BCUT2D eigenvalue weighted by molar-refractivity contribution is 6.09. The number of hydrogen-bond acceptors (Lipinski definition) is 1. The van der Waals surface area contributed by atoms with E-state index in [1.165, 1.54) is 32.9 Å². The zero-order valence-corrected chi connectivity index (χ0v) is 14.0. The van der Waals surface area contributed by atoms with Crippen LogP contribution in [0.4, 0.5) is 0 Å². The summed E-state index contributed by atoms with van der Waals surface area (Å²) in [6.45, 7) is 0. The summed E-state index contributed by atoms with van der Waals surface area (Å²) < 4.78 is 5.95. The van der Waals surface area contributed by atoms with Gasteiger partial charge in [-0.15, -0.1) is 0 Å². The standard InChI is InChI=1S/C24H15NO/c1-3-7-21-17(5-1)19-13-15(9-11-22(19)25-21)16-10-12-24-20(14-16)18-6-2-4-8-23(18)26-24/h1-14,25H. The van der Waals surface area contributed by atoms with E-state index in [4.69, 9.17) is 4.42 Å². The molecule has 1 N–H and O–H groups in total. The van der Waals surface area contributed by atoms with E-state index in [-0.39, 0.29) is 0 Å². The van der Waals surface area contributed by atoms with Crippen LogP contribution in [0.25, 0.3) is 54.9 Å². The molecule has 6 rings (SSSR count). The summed E-state index contributed by atoms with van der Waals surface area (Å²) in [5.41, 5.74) is 6.64. The van der Waals surface area contributed by atoms with Crippen LogP contribution in [-0.2, 0) is 0 Å². The third kappa shape index (κ3) is 1.87. The van der Waals surface area contributed by atoms with Gasteiger partial charge in [-0.05, 0) is 47.5 Å². The van der Waals surface area contributed by atoms with E-state index in [1.54, 1.807) is 0 Å². The SMILES string of the molecule is c1ccc2c(c1)[nH]c1ccc(-c3ccc4oc5ccccc5c4c3)cc12. The Morgan fingerprint density at radius 1 is 0.500 bits per heavy atom. The highest BCUT2D eigenvalue weighted by Gasteiger charge is 2.09. The first kappa shape index (κ1) is 13.7. The van der Waals surface area contributed by atoms with Gasteiger partial charge in [-0.25, -0.2) is 0 Å². The van der Waals surface area contributed by atoms with Gasteiger partial charge in [0.2, 0.25) is 0 Å². The van der Waals surface area contributed by atoms with Crippen molar-refractivity contribution < 1.29 is 4.42 Å². The van der Waals surface area contributed by atoms with Crippen molar-refractivity contribution in [3.05, 3.63) is 84.9 Å². The normalized spacial score (nSPS) is 11.8. The van der Waals surface area contributed by atoms with E-state index in [1.807, 2.05) is 12.1 Å². The van der Waals surface area contributed by atoms with Gasteiger partial charge >= 0.3 is 0 Å². The second-order valence-corrected chi connectivity index (χ2v) is 6.74. The summed E-state index contributed by atoms with van der Waals surface area (Å²) in [6.07, 6.45) is 0. The lowest BCUT2D eigenvalue weighted by atomic mass is 10.0. The predicted molar refractivity (Wildman–Crippen MR) is 109 cm³/mol. The number of H-pyrrole nitrogens is 1. The lowest BCUT2D eigenvalue weighted by Gasteiger charge is -2.03. The highest BCUT2D eigenvalue weighted by atomic mass is 16.3. The molecular formula is C24H15NO. The van der Waals surface area contributed by atoms with Crippen molar-refractivity contribution in [1.29, 1.82) is 0 Å². The second kappa shape index (κ2) is 4.99. The Morgan fingerprint density at radius 2 is 1.15 bits per heavy atom. The molecule has 0 aliphatic carbocycles. The van der Waals surface area contributed by atoms with Crippen molar-refractivity contribution in [3.63, 3.8) is 0 Å². The van der Waals surface area contributed by atoms with E-state index in [0.29, 0.717) is 0 Å². The molecule has 2 heterocycles. The van der Waals surface area contributed by atoms with Crippen LogP contribution in [0.1, 0.15) is 0 Å². The molecule has 0 atom stereocenters. The van der Waals surface area contributed by atoms with Crippen molar-refractivity contribution in [2.24, 2.45) is 0 Å². The molecule has 0 saturated heterocycles. The molecule has 0 amide bonds. The number of furan rings is 1. The summed E-state index contributed by atoms with van der Waals surface area (Å²) in [6, 6.07) is 29.7. The van der Waals surface area contributed by atoms with Crippen LogP contribution in [0.5, 0.6) is 0 Å². The molecule has 0 bridgehead atoms. The molecule has 0 aliphatic rings. The summed E-state index contributed by atoms with van der Waals surface area (Å²) in [5.74, 6) is 0. The van der Waals surface area contributed by atoms with Gasteiger partial charge in [0.25, 0.3) is 0 Å². The molecule has 0 spiro atoms. The molecule has 4 aromatic carbocycles. The minimum atomic E-state index is 0.933. The third-order valence-corrected chi connectivity index (χ3v) is 5.22. The van der Waals surface area contributed by atoms with Gasteiger partial charge in [0.05, 0.1) is 0 Å². The van der Waals surface area contributed by atoms with Crippen molar-refractivity contribution in [2.45, 2.75) is 0 Å². The van der Waals surface area contributed by atoms with Crippen LogP contribution < -0.4 is 0 Å². The fourth-order valence-corrected chi connectivity index (χ4v) is 3.93. The van der Waals surface area contributed by atoms with Crippen LogP contribution in [0, 0.1) is 0 Å². The summed E-state index contributed by atoms with van der Waals surface area (Å²) in [5, 5.41) is 4.85. The lowest BCUT2D eigenvalue weighted by Crippen LogP contribution is -1.78. The number of benzene rings is 4. The summed E-state index contributed by atoms with van der Waals surface area (Å²) >= 11 is 0. The van der Waals surface area contributed by atoms with E-state index >= 15 is 0 Å². The molecule has 26 heavy (non-hydrogen) atoms. The third-order valence-electron chi connectivity index (χ3n) is 5.22. The van der Waals surface area contributed by atoms with Crippen LogP contribution in [0.15, 0.2) is 89.3 Å². The van der Waals surface area contributed by atoms with Crippen molar-refractivity contribution >= 4 is 43.7 Å². The second-order valence-electron chi connectivity index (χ2n) is 6.74. The van der Waals surface area contributed by atoms with Gasteiger partial charge in [-0.2, -0.15) is 0 Å². The zero-order chi connectivity index (χ0) is 17.1.